The number of carbonyl (C=O) groups is 1. The molecule has 1 amide bonds. The van der Waals surface area contributed by atoms with Gasteiger partial charge in [-0.3, -0.25) is 4.79 Å². The zero-order valence-corrected chi connectivity index (χ0v) is 18.5. The molecular formula is C28H28N2O2. The average molecular weight is 425 g/mol. The predicted molar refractivity (Wildman–Crippen MR) is 127 cm³/mol. The van der Waals surface area contributed by atoms with Crippen molar-refractivity contribution < 1.29 is 9.59 Å². The zero-order valence-electron chi connectivity index (χ0n) is 18.5. The molecule has 32 heavy (non-hydrogen) atoms. The zero-order chi connectivity index (χ0) is 22.1. The second-order valence-corrected chi connectivity index (χ2v) is 9.34. The number of anilines is 1. The Hall–Kier alpha value is -3.36. The van der Waals surface area contributed by atoms with Gasteiger partial charge in [-0.05, 0) is 60.2 Å². The van der Waals surface area contributed by atoms with E-state index in [2.05, 4.69) is 42.0 Å². The van der Waals surface area contributed by atoms with Crippen molar-refractivity contribution in [2.24, 2.45) is 5.41 Å². The van der Waals surface area contributed by atoms with E-state index in [9.17, 15) is 9.59 Å². The molecule has 1 aliphatic carbocycles. The molecule has 4 heteroatoms. The van der Waals surface area contributed by atoms with Gasteiger partial charge in [-0.1, -0.05) is 50.1 Å². The molecule has 0 N–H and O–H groups in total. The Kier molecular flexibility index (Phi) is 5.32. The van der Waals surface area contributed by atoms with Gasteiger partial charge in [0.25, 0.3) is 5.91 Å². The number of rotatable bonds is 3. The molecule has 162 valence electrons. The molecule has 0 radical (unpaired) electrons. The van der Waals surface area contributed by atoms with Crippen molar-refractivity contribution in [1.29, 1.82) is 0 Å². The summed E-state index contributed by atoms with van der Waals surface area (Å²) in [6.45, 7) is 3.48. The highest BCUT2D eigenvalue weighted by atomic mass is 16.2. The van der Waals surface area contributed by atoms with E-state index in [1.807, 2.05) is 47.2 Å². The molecule has 2 unspecified atom stereocenters. The number of allylic oxidation sites excluding steroid dienone is 1. The van der Waals surface area contributed by atoms with E-state index in [1.165, 1.54) is 5.56 Å². The molecular weight excluding hydrogens is 396 g/mol. The fraction of sp³-hybridized carbons (Fsp3) is 0.321. The molecule has 0 bridgehead atoms. The highest BCUT2D eigenvalue weighted by molar-refractivity contribution is 6.06. The van der Waals surface area contributed by atoms with Gasteiger partial charge in [0.05, 0.1) is 6.54 Å². The minimum atomic E-state index is -0.166. The van der Waals surface area contributed by atoms with Crippen molar-refractivity contribution in [1.82, 2.24) is 4.57 Å². The third kappa shape index (κ3) is 3.61. The Labute approximate surface area is 189 Å². The molecule has 0 spiro atoms. The van der Waals surface area contributed by atoms with Crippen LogP contribution in [0, 0.1) is 5.41 Å². The van der Waals surface area contributed by atoms with Crippen LogP contribution in [0.15, 0.2) is 72.9 Å². The van der Waals surface area contributed by atoms with Crippen LogP contribution in [0.4, 0.5) is 5.69 Å². The van der Waals surface area contributed by atoms with Crippen molar-refractivity contribution in [3.8, 4) is 0 Å². The summed E-state index contributed by atoms with van der Waals surface area (Å²) < 4.78 is 2.21. The van der Waals surface area contributed by atoms with Crippen LogP contribution >= 0.6 is 0 Å². The van der Waals surface area contributed by atoms with Crippen LogP contribution in [0.25, 0.3) is 0 Å². The number of hydrogen-bond acceptors (Lipinski definition) is 2. The van der Waals surface area contributed by atoms with Gasteiger partial charge in [0, 0.05) is 41.2 Å². The summed E-state index contributed by atoms with van der Waals surface area (Å²) in [7, 11) is 0. The number of amides is 1. The van der Waals surface area contributed by atoms with Gasteiger partial charge in [-0.25, -0.2) is 4.79 Å². The van der Waals surface area contributed by atoms with Gasteiger partial charge < -0.3 is 9.47 Å². The Bertz CT molecular complexity index is 1190. The molecule has 0 saturated heterocycles. The molecule has 5 rings (SSSR count). The molecule has 2 heterocycles. The summed E-state index contributed by atoms with van der Waals surface area (Å²) in [6, 6.07) is 20.3. The first kappa shape index (κ1) is 20.5. The molecule has 3 aromatic rings. The van der Waals surface area contributed by atoms with Gasteiger partial charge in [0.15, 0.2) is 0 Å². The third-order valence-electron chi connectivity index (χ3n) is 7.31. The number of aromatic nitrogens is 1. The van der Waals surface area contributed by atoms with E-state index in [-0.39, 0.29) is 17.2 Å². The number of benzene rings is 2. The fourth-order valence-electron chi connectivity index (χ4n) is 5.49. The van der Waals surface area contributed by atoms with Crippen molar-refractivity contribution in [2.45, 2.75) is 51.6 Å². The highest BCUT2D eigenvalue weighted by Crippen LogP contribution is 2.47. The van der Waals surface area contributed by atoms with Gasteiger partial charge in [0.1, 0.15) is 5.94 Å². The molecule has 1 aromatic heterocycles. The first-order valence-electron chi connectivity index (χ1n) is 11.4. The second kappa shape index (κ2) is 8.29. The minimum absolute atomic E-state index is 0.0119. The second-order valence-electron chi connectivity index (χ2n) is 9.34. The summed E-state index contributed by atoms with van der Waals surface area (Å²) in [4.78, 5) is 26.7. The van der Waals surface area contributed by atoms with Crippen LogP contribution < -0.4 is 4.90 Å². The van der Waals surface area contributed by atoms with E-state index in [1.54, 1.807) is 6.08 Å². The quantitative estimate of drug-likeness (QED) is 0.503. The first-order chi connectivity index (χ1) is 15.6. The van der Waals surface area contributed by atoms with Crippen molar-refractivity contribution in [3.05, 3.63) is 95.3 Å². The van der Waals surface area contributed by atoms with Gasteiger partial charge >= 0.3 is 0 Å². The third-order valence-corrected chi connectivity index (χ3v) is 7.31. The van der Waals surface area contributed by atoms with Gasteiger partial charge in [-0.2, -0.15) is 0 Å². The largest absolute Gasteiger partial charge is 0.345 e. The minimum Gasteiger partial charge on any atom is -0.345 e. The molecule has 4 nitrogen and oxygen atoms in total. The van der Waals surface area contributed by atoms with Crippen molar-refractivity contribution in [3.63, 3.8) is 0 Å². The van der Waals surface area contributed by atoms with E-state index in [0.717, 1.165) is 49.2 Å². The summed E-state index contributed by atoms with van der Waals surface area (Å²) in [6.07, 6.45) is 8.13. The van der Waals surface area contributed by atoms with Crippen LogP contribution in [0.5, 0.6) is 0 Å². The monoisotopic (exact) mass is 424 g/mol. The summed E-state index contributed by atoms with van der Waals surface area (Å²) in [5.74, 6) is 2.33. The maximum absolute atomic E-state index is 13.6. The lowest BCUT2D eigenvalue weighted by Gasteiger charge is -2.39. The number of fused-ring (bicyclic) bond motifs is 2. The molecule has 2 aromatic carbocycles. The topological polar surface area (TPSA) is 42.3 Å². The standard InChI is InChI=1S/C28H28N2O2/c1-28(16-18-31)15-5-4-9-25(28)21-11-13-22(14-12-21)27(32)30-20-24-8-6-17-29(24)19-23-7-2-3-10-26(23)30/h2-3,6-8,10-14,16-17,25H,4-5,9,15,19-20H2,1H3. The van der Waals surface area contributed by atoms with Gasteiger partial charge in [0.2, 0.25) is 0 Å². The molecule has 1 fully saturated rings. The Balaban J connectivity index is 1.46. The summed E-state index contributed by atoms with van der Waals surface area (Å²) in [5.41, 5.74) is 4.96. The molecule has 2 atom stereocenters. The van der Waals surface area contributed by atoms with Crippen LogP contribution in [0.1, 0.15) is 65.7 Å². The van der Waals surface area contributed by atoms with E-state index in [0.29, 0.717) is 12.1 Å². The molecule has 2 aliphatic rings. The van der Waals surface area contributed by atoms with Crippen molar-refractivity contribution in [2.75, 3.05) is 4.90 Å². The lowest BCUT2D eigenvalue weighted by atomic mass is 9.65. The number of carbonyl (C=O) groups excluding carboxylic acids is 2. The smallest absolute Gasteiger partial charge is 0.258 e. The number of hydrogen-bond donors (Lipinski definition) is 0. The van der Waals surface area contributed by atoms with E-state index >= 15 is 0 Å². The Morgan fingerprint density at radius 3 is 2.66 bits per heavy atom. The van der Waals surface area contributed by atoms with Crippen LogP contribution in [0.2, 0.25) is 0 Å². The maximum Gasteiger partial charge on any atom is 0.258 e. The van der Waals surface area contributed by atoms with E-state index < -0.39 is 0 Å². The number of nitrogens with zero attached hydrogens (tertiary/aromatic N) is 2. The van der Waals surface area contributed by atoms with Gasteiger partial charge in [-0.15, -0.1) is 0 Å². The first-order valence-corrected chi connectivity index (χ1v) is 11.4. The SMILES string of the molecule is CC1(C=C=O)CCCCC1c1ccc(C(=O)N2Cc3cccn3Cc3ccccc32)cc1. The van der Waals surface area contributed by atoms with Crippen LogP contribution in [-0.2, 0) is 17.9 Å². The highest BCUT2D eigenvalue weighted by Gasteiger charge is 2.36. The fourth-order valence-corrected chi connectivity index (χ4v) is 5.49. The predicted octanol–water partition coefficient (Wildman–Crippen LogP) is 5.75. The Morgan fingerprint density at radius 2 is 1.84 bits per heavy atom. The van der Waals surface area contributed by atoms with Crippen LogP contribution in [0.3, 0.4) is 0 Å². The Morgan fingerprint density at radius 1 is 1.03 bits per heavy atom. The number of para-hydroxylation sites is 1. The lowest BCUT2D eigenvalue weighted by molar-refractivity contribution is 0.0985. The van der Waals surface area contributed by atoms with E-state index in [4.69, 9.17) is 0 Å². The lowest BCUT2D eigenvalue weighted by Crippen LogP contribution is -2.31. The maximum atomic E-state index is 13.6. The average Bonchev–Trinajstić information content (AvgIpc) is 3.18. The van der Waals surface area contributed by atoms with Crippen LogP contribution in [-0.4, -0.2) is 16.4 Å². The normalized spacial score (nSPS) is 22.3. The molecule has 1 saturated carbocycles. The summed E-state index contributed by atoms with van der Waals surface area (Å²) in [5, 5.41) is 0. The summed E-state index contributed by atoms with van der Waals surface area (Å²) >= 11 is 0. The molecule has 1 aliphatic heterocycles. The van der Waals surface area contributed by atoms with Crippen molar-refractivity contribution >= 4 is 17.5 Å².